The van der Waals surface area contributed by atoms with E-state index in [4.69, 9.17) is 5.11 Å². The van der Waals surface area contributed by atoms with Crippen molar-refractivity contribution < 1.29 is 28.9 Å². The van der Waals surface area contributed by atoms with Gasteiger partial charge in [0.15, 0.2) is 0 Å². The van der Waals surface area contributed by atoms with E-state index in [1.807, 2.05) is 0 Å². The van der Waals surface area contributed by atoms with Crippen LogP contribution in [0.4, 0.5) is 9.18 Å². The molecule has 0 unspecified atom stereocenters. The SMILES string of the molecule is COC(=O)NCc1ccc(-c2csc(-c3cc(O)c(C(=O)O)cc3F)n2)c(C)n1. The quantitative estimate of drug-likeness (QED) is 0.580. The summed E-state index contributed by atoms with van der Waals surface area (Å²) in [4.78, 5) is 31.0. The number of amides is 1. The van der Waals surface area contributed by atoms with Gasteiger partial charge in [-0.3, -0.25) is 4.98 Å². The van der Waals surface area contributed by atoms with Crippen molar-refractivity contribution in [1.29, 1.82) is 0 Å². The molecule has 3 N–H and O–H groups in total. The molecule has 0 radical (unpaired) electrons. The van der Waals surface area contributed by atoms with Gasteiger partial charge in [-0.15, -0.1) is 11.3 Å². The maximum atomic E-state index is 14.3. The van der Waals surface area contributed by atoms with Crippen LogP contribution in [0, 0.1) is 12.7 Å². The Hall–Kier alpha value is -3.53. The van der Waals surface area contributed by atoms with Crippen LogP contribution >= 0.6 is 11.3 Å². The second-order valence-corrected chi connectivity index (χ2v) is 6.83. The van der Waals surface area contributed by atoms with Gasteiger partial charge in [-0.25, -0.2) is 19.0 Å². The molecule has 0 spiro atoms. The number of carboxylic acids is 1. The molecule has 10 heteroatoms. The monoisotopic (exact) mass is 417 g/mol. The lowest BCUT2D eigenvalue weighted by molar-refractivity contribution is 0.0693. The maximum Gasteiger partial charge on any atom is 0.407 e. The number of hydrogen-bond donors (Lipinski definition) is 3. The highest BCUT2D eigenvalue weighted by molar-refractivity contribution is 7.13. The Bertz CT molecular complexity index is 1100. The second-order valence-electron chi connectivity index (χ2n) is 5.97. The van der Waals surface area contributed by atoms with Gasteiger partial charge in [-0.05, 0) is 31.2 Å². The number of thiazole rings is 1. The smallest absolute Gasteiger partial charge is 0.407 e. The number of aromatic hydroxyl groups is 1. The molecule has 8 nitrogen and oxygen atoms in total. The highest BCUT2D eigenvalue weighted by atomic mass is 32.1. The van der Waals surface area contributed by atoms with E-state index in [0.29, 0.717) is 22.1 Å². The average molecular weight is 417 g/mol. The predicted octanol–water partition coefficient (Wildman–Crippen LogP) is 3.58. The highest BCUT2D eigenvalue weighted by Crippen LogP contribution is 2.34. The van der Waals surface area contributed by atoms with Crippen molar-refractivity contribution in [2.45, 2.75) is 13.5 Å². The Kier molecular flexibility index (Phi) is 5.74. The molecule has 0 saturated carbocycles. The van der Waals surface area contributed by atoms with Crippen LogP contribution in [-0.2, 0) is 11.3 Å². The number of phenols is 1. The van der Waals surface area contributed by atoms with Crippen LogP contribution in [0.1, 0.15) is 21.7 Å². The minimum absolute atomic E-state index is 0.00765. The molecule has 0 atom stereocenters. The molecule has 1 amide bonds. The molecule has 0 aliphatic carbocycles. The standard InChI is InChI=1S/C19H16FN3O5S/c1-9-11(4-3-10(22-9)7-21-19(27)28-2)15-8-29-17(23-15)12-6-16(24)13(18(25)26)5-14(12)20/h3-6,8,24H,7H2,1-2H3,(H,21,27)(H,25,26). The van der Waals surface area contributed by atoms with Crippen molar-refractivity contribution in [3.8, 4) is 27.6 Å². The van der Waals surface area contributed by atoms with Gasteiger partial charge in [0.25, 0.3) is 0 Å². The molecule has 0 aliphatic rings. The molecule has 0 fully saturated rings. The van der Waals surface area contributed by atoms with E-state index in [-0.39, 0.29) is 12.1 Å². The first kappa shape index (κ1) is 20.2. The number of carbonyl (C=O) groups excluding carboxylic acids is 1. The Morgan fingerprint density at radius 1 is 1.24 bits per heavy atom. The van der Waals surface area contributed by atoms with E-state index in [2.05, 4.69) is 20.0 Å². The Morgan fingerprint density at radius 3 is 2.66 bits per heavy atom. The number of methoxy groups -OCH3 is 1. The molecule has 150 valence electrons. The number of nitrogens with zero attached hydrogens (tertiary/aromatic N) is 2. The lowest BCUT2D eigenvalue weighted by Gasteiger charge is -2.07. The van der Waals surface area contributed by atoms with Crippen molar-refractivity contribution in [3.05, 3.63) is 52.4 Å². The summed E-state index contributed by atoms with van der Waals surface area (Å²) < 4.78 is 18.8. The molecule has 0 aliphatic heterocycles. The molecular weight excluding hydrogens is 401 g/mol. The summed E-state index contributed by atoms with van der Waals surface area (Å²) in [5, 5.41) is 23.3. The van der Waals surface area contributed by atoms with Gasteiger partial charge in [0.2, 0.25) is 0 Å². The summed E-state index contributed by atoms with van der Waals surface area (Å²) in [5.74, 6) is -2.75. The van der Waals surface area contributed by atoms with E-state index in [1.54, 1.807) is 24.4 Å². The summed E-state index contributed by atoms with van der Waals surface area (Å²) in [7, 11) is 1.27. The summed E-state index contributed by atoms with van der Waals surface area (Å²) >= 11 is 1.15. The van der Waals surface area contributed by atoms with Gasteiger partial charge < -0.3 is 20.3 Å². The number of aryl methyl sites for hydroxylation is 1. The minimum Gasteiger partial charge on any atom is -0.507 e. The third kappa shape index (κ3) is 4.32. The number of pyridine rings is 1. The van der Waals surface area contributed by atoms with E-state index in [0.717, 1.165) is 29.0 Å². The first-order valence-corrected chi connectivity index (χ1v) is 9.18. The molecule has 3 aromatic rings. The van der Waals surface area contributed by atoms with Crippen molar-refractivity contribution in [3.63, 3.8) is 0 Å². The third-order valence-corrected chi connectivity index (χ3v) is 4.94. The first-order chi connectivity index (χ1) is 13.8. The van der Waals surface area contributed by atoms with Crippen LogP contribution in [0.2, 0.25) is 0 Å². The van der Waals surface area contributed by atoms with Gasteiger partial charge in [-0.1, -0.05) is 0 Å². The van der Waals surface area contributed by atoms with Gasteiger partial charge in [-0.2, -0.15) is 0 Å². The number of benzene rings is 1. The van der Waals surface area contributed by atoms with Crippen LogP contribution < -0.4 is 5.32 Å². The van der Waals surface area contributed by atoms with Crippen LogP contribution in [-0.4, -0.2) is 39.4 Å². The number of hydrogen-bond acceptors (Lipinski definition) is 7. The molecule has 2 heterocycles. The number of aromatic carboxylic acids is 1. The first-order valence-electron chi connectivity index (χ1n) is 8.30. The van der Waals surface area contributed by atoms with Crippen molar-refractivity contribution in [1.82, 2.24) is 15.3 Å². The Balaban J connectivity index is 1.88. The summed E-state index contributed by atoms with van der Waals surface area (Å²) in [6.07, 6.45) is -0.558. The van der Waals surface area contributed by atoms with Crippen LogP contribution in [0.5, 0.6) is 5.75 Å². The number of carboxylic acid groups (broad SMARTS) is 1. The molecule has 1 aromatic carbocycles. The maximum absolute atomic E-state index is 14.3. The van der Waals surface area contributed by atoms with Crippen molar-refractivity contribution in [2.24, 2.45) is 0 Å². The van der Waals surface area contributed by atoms with Crippen LogP contribution in [0.25, 0.3) is 21.8 Å². The molecule has 3 rings (SSSR count). The fraction of sp³-hybridized carbons (Fsp3) is 0.158. The second kappa shape index (κ2) is 8.23. The van der Waals surface area contributed by atoms with Gasteiger partial charge >= 0.3 is 12.1 Å². The van der Waals surface area contributed by atoms with Crippen molar-refractivity contribution in [2.75, 3.05) is 7.11 Å². The van der Waals surface area contributed by atoms with Crippen LogP contribution in [0.3, 0.4) is 0 Å². The molecule has 0 saturated heterocycles. The Labute approximate surface area is 168 Å². The number of carbonyl (C=O) groups is 2. The fourth-order valence-electron chi connectivity index (χ4n) is 2.64. The molecule has 0 bridgehead atoms. The largest absolute Gasteiger partial charge is 0.507 e. The summed E-state index contributed by atoms with van der Waals surface area (Å²) in [5.41, 5.74) is 2.07. The summed E-state index contributed by atoms with van der Waals surface area (Å²) in [6.45, 7) is 1.99. The molecule has 29 heavy (non-hydrogen) atoms. The third-order valence-electron chi connectivity index (χ3n) is 4.07. The van der Waals surface area contributed by atoms with Crippen molar-refractivity contribution >= 4 is 23.4 Å². The van der Waals surface area contributed by atoms with Gasteiger partial charge in [0, 0.05) is 22.2 Å². The van der Waals surface area contributed by atoms with E-state index >= 15 is 0 Å². The van der Waals surface area contributed by atoms with E-state index < -0.39 is 29.2 Å². The zero-order valence-electron chi connectivity index (χ0n) is 15.4. The number of aromatic nitrogens is 2. The number of rotatable bonds is 5. The molecule has 2 aromatic heterocycles. The lowest BCUT2D eigenvalue weighted by Crippen LogP contribution is -2.22. The predicted molar refractivity (Wildman–Crippen MR) is 103 cm³/mol. The number of halogens is 1. The normalized spacial score (nSPS) is 10.6. The zero-order valence-corrected chi connectivity index (χ0v) is 16.2. The fourth-order valence-corrected chi connectivity index (χ4v) is 3.47. The van der Waals surface area contributed by atoms with E-state index in [1.165, 1.54) is 7.11 Å². The number of alkyl carbamates (subject to hydrolysis) is 1. The average Bonchev–Trinajstić information content (AvgIpc) is 3.16. The topological polar surface area (TPSA) is 122 Å². The highest BCUT2D eigenvalue weighted by Gasteiger charge is 2.18. The van der Waals surface area contributed by atoms with Gasteiger partial charge in [0.05, 0.1) is 25.0 Å². The Morgan fingerprint density at radius 2 is 2.00 bits per heavy atom. The minimum atomic E-state index is -1.42. The lowest BCUT2D eigenvalue weighted by atomic mass is 10.1. The zero-order chi connectivity index (χ0) is 21.1. The van der Waals surface area contributed by atoms with E-state index in [9.17, 15) is 19.1 Å². The van der Waals surface area contributed by atoms with Crippen LogP contribution in [0.15, 0.2) is 29.6 Å². The summed E-state index contributed by atoms with van der Waals surface area (Å²) in [6, 6.07) is 5.33. The number of ether oxygens (including phenoxy) is 1. The number of nitrogens with one attached hydrogen (secondary N) is 1. The van der Waals surface area contributed by atoms with Gasteiger partial charge in [0.1, 0.15) is 22.1 Å². The molecular formula is C19H16FN3O5S.